The molecule has 1 aromatic heterocycles. The molecule has 0 amide bonds. The fraction of sp³-hybridized carbons (Fsp3) is 0.500. The van der Waals surface area contributed by atoms with Crippen molar-refractivity contribution >= 4 is 10.1 Å². The summed E-state index contributed by atoms with van der Waals surface area (Å²) in [7, 11) is -4.06. The first-order valence-electron chi connectivity index (χ1n) is 4.92. The van der Waals surface area contributed by atoms with Gasteiger partial charge < -0.3 is 4.55 Å². The highest BCUT2D eigenvalue weighted by atomic mass is 32.2. The smallest absolute Gasteiger partial charge is 0.485 e. The molecule has 0 aliphatic carbocycles. The predicted molar refractivity (Wildman–Crippen MR) is 57.5 cm³/mol. The third kappa shape index (κ3) is 5.97. The van der Waals surface area contributed by atoms with Crippen molar-refractivity contribution in [3.05, 3.63) is 30.1 Å². The number of hydrogen-bond acceptors (Lipinski definition) is 3. The molecule has 0 aliphatic rings. The molecule has 0 N–H and O–H groups in total. The van der Waals surface area contributed by atoms with Crippen molar-refractivity contribution in [1.82, 2.24) is 0 Å². The van der Waals surface area contributed by atoms with Crippen LogP contribution in [0.3, 0.4) is 0 Å². The highest BCUT2D eigenvalue weighted by molar-refractivity contribution is 7.86. The van der Waals surface area contributed by atoms with E-state index < -0.39 is 15.6 Å². The fourth-order valence-electron chi connectivity index (χ4n) is 0.897. The molecule has 0 radical (unpaired) electrons. The zero-order chi connectivity index (χ0) is 14.6. The van der Waals surface area contributed by atoms with Gasteiger partial charge in [-0.1, -0.05) is 13.8 Å². The molecule has 4 nitrogen and oxygen atoms in total. The topological polar surface area (TPSA) is 61.1 Å². The number of hydrogen-bond donors (Lipinski definition) is 0. The van der Waals surface area contributed by atoms with E-state index in [1.807, 2.05) is 11.6 Å². The molecule has 0 aromatic carbocycles. The zero-order valence-corrected chi connectivity index (χ0v) is 10.9. The lowest BCUT2D eigenvalue weighted by molar-refractivity contribution is -0.671. The molecule has 0 saturated heterocycles. The van der Waals surface area contributed by atoms with E-state index in [4.69, 9.17) is 13.0 Å². The van der Waals surface area contributed by atoms with Gasteiger partial charge in [0.1, 0.15) is 7.05 Å². The molecule has 0 unspecified atom stereocenters. The Morgan fingerprint density at radius 1 is 1.22 bits per heavy atom. The molecule has 18 heavy (non-hydrogen) atoms. The minimum absolute atomic E-state index is 0.640. The second kappa shape index (κ2) is 6.14. The molecule has 1 heterocycles. The molecule has 104 valence electrons. The Morgan fingerprint density at radius 3 is 1.78 bits per heavy atom. The normalized spacial score (nSPS) is 12.0. The van der Waals surface area contributed by atoms with Crippen LogP contribution in [0.5, 0.6) is 0 Å². The van der Waals surface area contributed by atoms with Gasteiger partial charge in [0.05, 0.1) is 0 Å². The van der Waals surface area contributed by atoms with Crippen molar-refractivity contribution in [3.8, 4) is 0 Å². The van der Waals surface area contributed by atoms with Gasteiger partial charge in [-0.25, -0.2) is 13.0 Å². The molecule has 1 rings (SSSR count). The van der Waals surface area contributed by atoms with Gasteiger partial charge in [-0.3, -0.25) is 0 Å². The predicted octanol–water partition coefficient (Wildman–Crippen LogP) is 1.69. The summed E-state index contributed by atoms with van der Waals surface area (Å²) in [5.74, 6) is 0.640. The lowest BCUT2D eigenvalue weighted by Crippen LogP contribution is -2.26. The summed E-state index contributed by atoms with van der Waals surface area (Å²) in [6.07, 6.45) is 4.16. The van der Waals surface area contributed by atoms with Crippen molar-refractivity contribution in [2.45, 2.75) is 25.3 Å². The Labute approximate surface area is 104 Å². The summed E-state index contributed by atoms with van der Waals surface area (Å²) in [4.78, 5) is 0. The number of nitrogens with zero attached hydrogens (tertiary/aromatic N) is 1. The molecule has 0 spiro atoms. The maximum absolute atomic E-state index is 10.7. The van der Waals surface area contributed by atoms with Crippen molar-refractivity contribution < 1.29 is 30.7 Å². The van der Waals surface area contributed by atoms with Gasteiger partial charge in [0.15, 0.2) is 22.5 Å². The van der Waals surface area contributed by atoms with Gasteiger partial charge in [-0.05, 0) is 11.5 Å². The Kier molecular flexibility index (Phi) is 5.75. The van der Waals surface area contributed by atoms with Gasteiger partial charge in [-0.15, -0.1) is 0 Å². The van der Waals surface area contributed by atoms with Crippen LogP contribution < -0.4 is 4.57 Å². The fourth-order valence-corrected chi connectivity index (χ4v) is 0.897. The maximum Gasteiger partial charge on any atom is 0.485 e. The third-order valence-corrected chi connectivity index (χ3v) is 2.52. The number of aromatic nitrogens is 1. The molecule has 1 aromatic rings. The summed E-state index contributed by atoms with van der Waals surface area (Å²) < 4.78 is 61.0. The average molecular weight is 285 g/mol. The van der Waals surface area contributed by atoms with Crippen molar-refractivity contribution in [2.24, 2.45) is 7.05 Å². The van der Waals surface area contributed by atoms with Crippen LogP contribution in [-0.2, 0) is 17.2 Å². The van der Waals surface area contributed by atoms with Gasteiger partial charge in [0, 0.05) is 12.1 Å². The van der Waals surface area contributed by atoms with E-state index in [2.05, 4.69) is 38.4 Å². The Bertz CT molecular complexity index is 466. The van der Waals surface area contributed by atoms with E-state index in [1.54, 1.807) is 0 Å². The van der Waals surface area contributed by atoms with E-state index in [0.29, 0.717) is 5.92 Å². The van der Waals surface area contributed by atoms with Crippen LogP contribution >= 0.6 is 0 Å². The van der Waals surface area contributed by atoms with E-state index in [-0.39, 0.29) is 0 Å². The van der Waals surface area contributed by atoms with Gasteiger partial charge >= 0.3 is 5.51 Å². The maximum atomic E-state index is 10.7. The van der Waals surface area contributed by atoms with Gasteiger partial charge in [-0.2, -0.15) is 13.2 Å². The lowest BCUT2D eigenvalue weighted by atomic mass is 10.1. The third-order valence-electron chi connectivity index (χ3n) is 1.95. The summed E-state index contributed by atoms with van der Waals surface area (Å²) in [6.45, 7) is 4.41. The quantitative estimate of drug-likeness (QED) is 0.448. The molecule has 8 heteroatoms. The van der Waals surface area contributed by atoms with Gasteiger partial charge in [0.25, 0.3) is 0 Å². The second-order valence-corrected chi connectivity index (χ2v) is 5.22. The summed E-state index contributed by atoms with van der Waals surface area (Å²) in [6, 6.07) is 4.31. The molecular formula is C10H14F3NO3S. The number of halogens is 3. The monoisotopic (exact) mass is 285 g/mol. The Morgan fingerprint density at radius 2 is 1.56 bits per heavy atom. The van der Waals surface area contributed by atoms with Crippen LogP contribution in [0.15, 0.2) is 24.5 Å². The minimum Gasteiger partial charge on any atom is -0.741 e. The van der Waals surface area contributed by atoms with Crippen LogP contribution in [0.25, 0.3) is 0 Å². The first-order chi connectivity index (χ1) is 7.95. The largest absolute Gasteiger partial charge is 0.741 e. The number of rotatable bonds is 1. The summed E-state index contributed by atoms with van der Waals surface area (Å²) >= 11 is 0. The molecule has 0 bridgehead atoms. The van der Waals surface area contributed by atoms with Crippen LogP contribution in [-0.4, -0.2) is 18.5 Å². The number of aryl methyl sites for hydroxylation is 1. The van der Waals surface area contributed by atoms with Crippen molar-refractivity contribution in [3.63, 3.8) is 0 Å². The highest BCUT2D eigenvalue weighted by Gasteiger charge is 2.36. The molecular weight excluding hydrogens is 271 g/mol. The van der Waals surface area contributed by atoms with E-state index in [9.17, 15) is 13.2 Å². The molecule has 0 saturated carbocycles. The zero-order valence-electron chi connectivity index (χ0n) is 10.1. The second-order valence-electron chi connectivity index (χ2n) is 3.85. The first-order valence-corrected chi connectivity index (χ1v) is 6.33. The summed E-state index contributed by atoms with van der Waals surface area (Å²) in [5.41, 5.74) is -4.24. The van der Waals surface area contributed by atoms with Crippen LogP contribution in [0.4, 0.5) is 13.2 Å². The minimum atomic E-state index is -6.09. The Hall–Kier alpha value is -1.15. The first kappa shape index (κ1) is 16.9. The SMILES string of the molecule is CC(C)c1cc[n+](C)cc1.O=S(=O)([O-])C(F)(F)F. The van der Waals surface area contributed by atoms with Crippen LogP contribution in [0, 0.1) is 0 Å². The molecule has 0 fully saturated rings. The van der Waals surface area contributed by atoms with E-state index in [0.717, 1.165) is 0 Å². The highest BCUT2D eigenvalue weighted by Crippen LogP contribution is 2.20. The van der Waals surface area contributed by atoms with Crippen LogP contribution in [0.1, 0.15) is 25.3 Å². The molecule has 0 atom stereocenters. The summed E-state index contributed by atoms with van der Waals surface area (Å²) in [5, 5.41) is 0. The Balaban J connectivity index is 0.000000331. The number of pyridine rings is 1. The standard InChI is InChI=1S/C9H14N.CHF3O3S/c1-8(2)9-4-6-10(3)7-5-9;2-1(3,4)8(5,6)7/h4-8H,1-3H3;(H,5,6,7)/q+1;/p-1. The van der Waals surface area contributed by atoms with E-state index in [1.165, 1.54) is 5.56 Å². The average Bonchev–Trinajstić information content (AvgIpc) is 2.16. The van der Waals surface area contributed by atoms with Crippen molar-refractivity contribution in [2.75, 3.05) is 0 Å². The lowest BCUT2D eigenvalue weighted by Gasteiger charge is -2.08. The van der Waals surface area contributed by atoms with Gasteiger partial charge in [0.2, 0.25) is 0 Å². The van der Waals surface area contributed by atoms with E-state index >= 15 is 0 Å². The molecule has 0 aliphatic heterocycles. The number of alkyl halides is 3. The van der Waals surface area contributed by atoms with Crippen LogP contribution in [0.2, 0.25) is 0 Å². The van der Waals surface area contributed by atoms with Crippen molar-refractivity contribution in [1.29, 1.82) is 0 Å².